The molecular weight excluding hydrogens is 296 g/mol. The Labute approximate surface area is 140 Å². The van der Waals surface area contributed by atoms with E-state index in [4.69, 9.17) is 10.2 Å². The van der Waals surface area contributed by atoms with Crippen molar-refractivity contribution in [1.29, 1.82) is 0 Å². The number of piperazine rings is 2. The van der Waals surface area contributed by atoms with Crippen LogP contribution in [0, 0.1) is 0 Å². The summed E-state index contributed by atoms with van der Waals surface area (Å²) in [6.07, 6.45) is 2.65. The van der Waals surface area contributed by atoms with Crippen molar-refractivity contribution < 1.29 is 15.3 Å². The Morgan fingerprint density at radius 1 is 1.00 bits per heavy atom. The van der Waals surface area contributed by atoms with Gasteiger partial charge in [-0.15, -0.1) is 0 Å². The fraction of sp³-hybridized carbons (Fsp3) is 0.875. The van der Waals surface area contributed by atoms with Crippen molar-refractivity contribution in [2.24, 2.45) is 0 Å². The Morgan fingerprint density at radius 2 is 1.61 bits per heavy atom. The smallest absolute Gasteiger partial charge is 0.0764 e. The number of aliphatic hydroxyl groups is 3. The minimum Gasteiger partial charge on any atom is -0.516 e. The molecule has 1 unspecified atom stereocenters. The summed E-state index contributed by atoms with van der Waals surface area (Å²) < 4.78 is 0. The van der Waals surface area contributed by atoms with Crippen molar-refractivity contribution in [3.8, 4) is 0 Å². The van der Waals surface area contributed by atoms with Crippen LogP contribution in [0.4, 0.5) is 0 Å². The second kappa shape index (κ2) is 12.7. The normalized spacial score (nSPS) is 22.7. The Kier molecular flexibility index (Phi) is 11.2. The number of nitrogens with one attached hydrogen (secondary N) is 1. The Balaban J connectivity index is 0.000000238. The van der Waals surface area contributed by atoms with E-state index in [1.54, 1.807) is 6.08 Å². The summed E-state index contributed by atoms with van der Waals surface area (Å²) >= 11 is 0. The van der Waals surface area contributed by atoms with Crippen molar-refractivity contribution >= 4 is 0 Å². The molecule has 0 aromatic rings. The van der Waals surface area contributed by atoms with Gasteiger partial charge in [0, 0.05) is 72.0 Å². The van der Waals surface area contributed by atoms with E-state index >= 15 is 0 Å². The predicted molar refractivity (Wildman–Crippen MR) is 92.7 cm³/mol. The van der Waals surface area contributed by atoms with E-state index in [1.807, 2.05) is 6.92 Å². The van der Waals surface area contributed by atoms with Crippen LogP contribution >= 0.6 is 0 Å². The highest BCUT2D eigenvalue weighted by molar-refractivity contribution is 4.79. The number of rotatable bonds is 6. The summed E-state index contributed by atoms with van der Waals surface area (Å²) in [7, 11) is 0. The maximum absolute atomic E-state index is 9.18. The first-order chi connectivity index (χ1) is 11.2. The quantitative estimate of drug-likeness (QED) is 0.462. The molecule has 7 nitrogen and oxygen atoms in total. The van der Waals surface area contributed by atoms with E-state index in [0.717, 1.165) is 78.3 Å². The van der Waals surface area contributed by atoms with Gasteiger partial charge in [-0.05, 0) is 13.0 Å². The molecule has 2 aliphatic heterocycles. The number of hydrogen-bond donors (Lipinski definition) is 4. The fourth-order valence-electron chi connectivity index (χ4n) is 2.80. The lowest BCUT2D eigenvalue weighted by Crippen LogP contribution is -2.48. The molecule has 0 aliphatic carbocycles. The first-order valence-electron chi connectivity index (χ1n) is 8.61. The second-order valence-electron chi connectivity index (χ2n) is 6.15. The summed E-state index contributed by atoms with van der Waals surface area (Å²) in [6, 6.07) is 0. The molecule has 7 heteroatoms. The maximum Gasteiger partial charge on any atom is 0.0764 e. The third kappa shape index (κ3) is 9.91. The molecule has 0 aromatic carbocycles. The Hall–Kier alpha value is -0.700. The van der Waals surface area contributed by atoms with Gasteiger partial charge in [0.1, 0.15) is 0 Å². The molecule has 2 heterocycles. The summed E-state index contributed by atoms with van der Waals surface area (Å²) in [5, 5.41) is 29.6. The lowest BCUT2D eigenvalue weighted by atomic mass is 10.3. The molecule has 0 saturated carbocycles. The van der Waals surface area contributed by atoms with Gasteiger partial charge in [-0.3, -0.25) is 14.7 Å². The largest absolute Gasteiger partial charge is 0.516 e. The van der Waals surface area contributed by atoms with Crippen LogP contribution in [0.3, 0.4) is 0 Å². The van der Waals surface area contributed by atoms with Gasteiger partial charge in [-0.2, -0.15) is 0 Å². The molecule has 2 saturated heterocycles. The van der Waals surface area contributed by atoms with Crippen LogP contribution < -0.4 is 5.32 Å². The van der Waals surface area contributed by atoms with Crippen molar-refractivity contribution in [3.63, 3.8) is 0 Å². The zero-order valence-corrected chi connectivity index (χ0v) is 14.4. The Morgan fingerprint density at radius 3 is 2.13 bits per heavy atom. The molecule has 0 bridgehead atoms. The highest BCUT2D eigenvalue weighted by Crippen LogP contribution is 2.01. The molecule has 23 heavy (non-hydrogen) atoms. The van der Waals surface area contributed by atoms with Crippen molar-refractivity contribution in [1.82, 2.24) is 20.0 Å². The molecular formula is C16H34N4O3. The van der Waals surface area contributed by atoms with Crippen molar-refractivity contribution in [2.45, 2.75) is 13.0 Å². The van der Waals surface area contributed by atoms with E-state index in [1.165, 1.54) is 0 Å². The molecule has 0 spiro atoms. The van der Waals surface area contributed by atoms with Crippen LogP contribution in [0.5, 0.6) is 0 Å². The molecule has 0 amide bonds. The van der Waals surface area contributed by atoms with Crippen LogP contribution in [-0.2, 0) is 0 Å². The number of hydrogen-bond acceptors (Lipinski definition) is 7. The predicted octanol–water partition coefficient (Wildman–Crippen LogP) is -1.06. The highest BCUT2D eigenvalue weighted by atomic mass is 16.3. The average Bonchev–Trinajstić information content (AvgIpc) is 2.56. The molecule has 136 valence electrons. The lowest BCUT2D eigenvalue weighted by Gasteiger charge is -2.34. The maximum atomic E-state index is 9.18. The van der Waals surface area contributed by atoms with Crippen LogP contribution in [0.2, 0.25) is 0 Å². The van der Waals surface area contributed by atoms with E-state index in [2.05, 4.69) is 20.0 Å². The topological polar surface area (TPSA) is 82.4 Å². The average molecular weight is 330 g/mol. The van der Waals surface area contributed by atoms with Crippen LogP contribution in [0.25, 0.3) is 0 Å². The van der Waals surface area contributed by atoms with E-state index in [-0.39, 0.29) is 12.7 Å². The minimum atomic E-state index is -0.232. The molecule has 2 aliphatic rings. The summed E-state index contributed by atoms with van der Waals surface area (Å²) in [5.74, 6) is 0. The number of nitrogens with zero attached hydrogens (tertiary/aromatic N) is 3. The van der Waals surface area contributed by atoms with Gasteiger partial charge in [0.2, 0.25) is 0 Å². The molecule has 2 rings (SSSR count). The van der Waals surface area contributed by atoms with Gasteiger partial charge in [0.05, 0.1) is 19.0 Å². The van der Waals surface area contributed by atoms with Crippen LogP contribution in [0.1, 0.15) is 6.92 Å². The molecule has 1 atom stereocenters. The van der Waals surface area contributed by atoms with Gasteiger partial charge in [-0.1, -0.05) is 0 Å². The first kappa shape index (κ1) is 20.3. The Bertz CT molecular complexity index is 302. The van der Waals surface area contributed by atoms with E-state index < -0.39 is 0 Å². The molecule has 2 fully saturated rings. The summed E-state index contributed by atoms with van der Waals surface area (Å²) in [6.45, 7) is 12.8. The fourth-order valence-corrected chi connectivity index (χ4v) is 2.80. The van der Waals surface area contributed by atoms with E-state index in [0.29, 0.717) is 0 Å². The van der Waals surface area contributed by atoms with Gasteiger partial charge in [0.25, 0.3) is 0 Å². The zero-order chi connectivity index (χ0) is 16.9. The second-order valence-corrected chi connectivity index (χ2v) is 6.15. The first-order valence-corrected chi connectivity index (χ1v) is 8.61. The SMILES string of the molecule is CC(O)CN1CCN(CCO)CC1.OC=CCN1CCNCC1. The van der Waals surface area contributed by atoms with Gasteiger partial charge in [0.15, 0.2) is 0 Å². The number of β-amino-alcohol motifs (C(OH)–C–C–N with tert-alkyl or cyclic N) is 2. The highest BCUT2D eigenvalue weighted by Gasteiger charge is 2.16. The molecule has 4 N–H and O–H groups in total. The van der Waals surface area contributed by atoms with Gasteiger partial charge < -0.3 is 20.6 Å². The lowest BCUT2D eigenvalue weighted by molar-refractivity contribution is 0.0732. The third-order valence-corrected chi connectivity index (χ3v) is 4.08. The summed E-state index contributed by atoms with van der Waals surface area (Å²) in [4.78, 5) is 6.81. The summed E-state index contributed by atoms with van der Waals surface area (Å²) in [5.41, 5.74) is 0. The standard InChI is InChI=1S/C9H20N2O2.C7H14N2O/c1-9(13)8-11-4-2-10(3-5-11)6-7-12;10-7-1-4-9-5-2-8-3-6-9/h9,12-13H,2-8H2,1H3;1,7-8,10H,2-6H2. The third-order valence-electron chi connectivity index (χ3n) is 4.08. The van der Waals surface area contributed by atoms with Crippen molar-refractivity contribution in [2.75, 3.05) is 78.6 Å². The van der Waals surface area contributed by atoms with Crippen LogP contribution in [0.15, 0.2) is 12.3 Å². The zero-order valence-electron chi connectivity index (χ0n) is 14.4. The van der Waals surface area contributed by atoms with Crippen LogP contribution in [-0.4, -0.2) is 115 Å². The van der Waals surface area contributed by atoms with Crippen molar-refractivity contribution in [3.05, 3.63) is 12.3 Å². The van der Waals surface area contributed by atoms with Gasteiger partial charge in [-0.25, -0.2) is 0 Å². The molecule has 0 aromatic heterocycles. The molecule has 0 radical (unpaired) electrons. The number of aliphatic hydroxyl groups excluding tert-OH is 3. The van der Waals surface area contributed by atoms with Gasteiger partial charge >= 0.3 is 0 Å². The monoisotopic (exact) mass is 330 g/mol. The minimum absolute atomic E-state index is 0.232. The van der Waals surface area contributed by atoms with E-state index in [9.17, 15) is 5.11 Å².